The molecule has 2 rings (SSSR count). The zero-order chi connectivity index (χ0) is 20.0. The number of urea groups is 1. The molecule has 0 saturated heterocycles. The molecule has 142 valence electrons. The number of carbonyl (C=O) groups excluding carboxylic acids is 2. The van der Waals surface area contributed by atoms with E-state index >= 15 is 0 Å². The van der Waals surface area contributed by atoms with E-state index in [1.807, 2.05) is 0 Å². The third-order valence-corrected chi connectivity index (χ3v) is 3.71. The van der Waals surface area contributed by atoms with Gasteiger partial charge in [-0.15, -0.1) is 0 Å². The van der Waals surface area contributed by atoms with E-state index < -0.39 is 23.0 Å². The van der Waals surface area contributed by atoms with Crippen LogP contribution in [-0.2, 0) is 4.79 Å². The van der Waals surface area contributed by atoms with E-state index in [1.165, 1.54) is 39.3 Å². The molecular weight excluding hydrogens is 354 g/mol. The predicted octanol–water partition coefficient (Wildman–Crippen LogP) is 2.49. The molecule has 0 aliphatic carbocycles. The zero-order valence-corrected chi connectivity index (χ0v) is 15.0. The molecule has 0 saturated carbocycles. The minimum Gasteiger partial charge on any atom is -0.497 e. The molecule has 0 bridgehead atoms. The maximum absolute atomic E-state index is 12.0. The number of ether oxygens (including phenoxy) is 2. The van der Waals surface area contributed by atoms with Crippen LogP contribution in [0.25, 0.3) is 11.1 Å². The van der Waals surface area contributed by atoms with Crippen LogP contribution in [0.2, 0.25) is 0 Å². The van der Waals surface area contributed by atoms with Gasteiger partial charge in [-0.3, -0.25) is 20.2 Å². The number of imide groups is 1. The molecule has 0 aliphatic heterocycles. The molecule has 0 unspecified atom stereocenters. The second-order valence-electron chi connectivity index (χ2n) is 5.49. The van der Waals surface area contributed by atoms with E-state index in [1.54, 1.807) is 24.3 Å². The molecule has 2 N–H and O–H groups in total. The monoisotopic (exact) mass is 373 g/mol. The van der Waals surface area contributed by atoms with E-state index in [-0.39, 0.29) is 11.4 Å². The van der Waals surface area contributed by atoms with Crippen LogP contribution >= 0.6 is 0 Å². The minimum absolute atomic E-state index is 0.115. The van der Waals surface area contributed by atoms with E-state index in [2.05, 4.69) is 10.6 Å². The number of nitro benzene ring substituents is 1. The van der Waals surface area contributed by atoms with Crippen molar-refractivity contribution >= 4 is 17.6 Å². The van der Waals surface area contributed by atoms with E-state index in [4.69, 9.17) is 9.47 Å². The summed E-state index contributed by atoms with van der Waals surface area (Å²) in [5.41, 5.74) is 0.968. The number of carbonyl (C=O) groups is 2. The Morgan fingerprint density at radius 2 is 1.81 bits per heavy atom. The number of hydrogen-bond donors (Lipinski definition) is 2. The fourth-order valence-electron chi connectivity index (χ4n) is 2.25. The molecular formula is C18H19N3O6. The highest BCUT2D eigenvalue weighted by molar-refractivity contribution is 5.96. The third kappa shape index (κ3) is 4.94. The molecule has 9 heteroatoms. The largest absolute Gasteiger partial charge is 0.497 e. The van der Waals surface area contributed by atoms with Crippen molar-refractivity contribution < 1.29 is 24.0 Å². The van der Waals surface area contributed by atoms with Crippen molar-refractivity contribution in [1.29, 1.82) is 0 Å². The van der Waals surface area contributed by atoms with Gasteiger partial charge in [-0.05, 0) is 30.7 Å². The lowest BCUT2D eigenvalue weighted by Crippen LogP contribution is -2.44. The summed E-state index contributed by atoms with van der Waals surface area (Å²) in [5, 5.41) is 15.5. The van der Waals surface area contributed by atoms with Gasteiger partial charge in [0.15, 0.2) is 6.10 Å². The summed E-state index contributed by atoms with van der Waals surface area (Å²) in [5.74, 6) is 0.253. The lowest BCUT2D eigenvalue weighted by atomic mass is 10.0. The van der Waals surface area contributed by atoms with Gasteiger partial charge in [-0.25, -0.2) is 4.79 Å². The van der Waals surface area contributed by atoms with Crippen LogP contribution in [-0.4, -0.2) is 37.1 Å². The zero-order valence-electron chi connectivity index (χ0n) is 15.0. The molecule has 1 atom stereocenters. The number of rotatable bonds is 6. The molecule has 0 spiro atoms. The maximum atomic E-state index is 12.0. The van der Waals surface area contributed by atoms with Crippen LogP contribution < -0.4 is 20.1 Å². The fraction of sp³-hybridized carbons (Fsp3) is 0.222. The van der Waals surface area contributed by atoms with Crippen molar-refractivity contribution in [2.24, 2.45) is 0 Å². The van der Waals surface area contributed by atoms with Crippen molar-refractivity contribution in [2.75, 3.05) is 14.2 Å². The Morgan fingerprint density at radius 3 is 2.37 bits per heavy atom. The van der Waals surface area contributed by atoms with E-state index in [9.17, 15) is 19.7 Å². The Hall–Kier alpha value is -3.62. The number of non-ortho nitro benzene ring substituents is 1. The summed E-state index contributed by atoms with van der Waals surface area (Å²) in [6.45, 7) is 1.47. The molecule has 0 heterocycles. The standard InChI is InChI=1S/C18H19N3O6/c1-11(17(22)20-18(23)19-2)27-16-9-6-13(21(24)25)10-15(16)12-4-7-14(26-3)8-5-12/h4-11H,1-3H3,(H2,19,20,22,23)/t11-/m1/s1. The van der Waals surface area contributed by atoms with Gasteiger partial charge in [-0.2, -0.15) is 0 Å². The van der Waals surface area contributed by atoms with Gasteiger partial charge in [0.2, 0.25) is 0 Å². The summed E-state index contributed by atoms with van der Waals surface area (Å²) in [4.78, 5) is 33.9. The van der Waals surface area contributed by atoms with Gasteiger partial charge in [0.25, 0.3) is 11.6 Å². The van der Waals surface area contributed by atoms with Gasteiger partial charge < -0.3 is 14.8 Å². The Balaban J connectivity index is 2.35. The van der Waals surface area contributed by atoms with Crippen LogP contribution in [0.4, 0.5) is 10.5 Å². The normalized spacial score (nSPS) is 11.2. The average Bonchev–Trinajstić information content (AvgIpc) is 2.67. The molecule has 9 nitrogen and oxygen atoms in total. The Kier molecular flexibility index (Phi) is 6.32. The SMILES string of the molecule is CNC(=O)NC(=O)[C@@H](C)Oc1ccc([N+](=O)[O-])cc1-c1ccc(OC)cc1. The lowest BCUT2D eigenvalue weighted by molar-refractivity contribution is -0.384. The first-order valence-corrected chi connectivity index (χ1v) is 7.97. The van der Waals surface area contributed by atoms with Gasteiger partial charge in [0, 0.05) is 24.7 Å². The number of benzene rings is 2. The fourth-order valence-corrected chi connectivity index (χ4v) is 2.25. The minimum atomic E-state index is -0.999. The van der Waals surface area contributed by atoms with Crippen molar-refractivity contribution in [1.82, 2.24) is 10.6 Å². The van der Waals surface area contributed by atoms with Crippen LogP contribution in [0.1, 0.15) is 6.92 Å². The molecule has 0 fully saturated rings. The quantitative estimate of drug-likeness (QED) is 0.593. The van der Waals surface area contributed by atoms with E-state index in [0.717, 1.165) is 0 Å². The van der Waals surface area contributed by atoms with Gasteiger partial charge >= 0.3 is 6.03 Å². The molecule has 0 aliphatic rings. The number of methoxy groups -OCH3 is 1. The molecule has 3 amide bonds. The second kappa shape index (κ2) is 8.65. The van der Waals surface area contributed by atoms with Crippen LogP contribution in [0.15, 0.2) is 42.5 Å². The Bertz CT molecular complexity index is 851. The maximum Gasteiger partial charge on any atom is 0.321 e. The van der Waals surface area contributed by atoms with Crippen molar-refractivity contribution in [3.8, 4) is 22.6 Å². The number of nitrogens with zero attached hydrogens (tertiary/aromatic N) is 1. The highest BCUT2D eigenvalue weighted by Gasteiger charge is 2.20. The first-order valence-electron chi connectivity index (χ1n) is 7.97. The molecule has 0 radical (unpaired) electrons. The lowest BCUT2D eigenvalue weighted by Gasteiger charge is -2.17. The van der Waals surface area contributed by atoms with Crippen molar-refractivity contribution in [3.63, 3.8) is 0 Å². The summed E-state index contributed by atoms with van der Waals surface area (Å²) >= 11 is 0. The summed E-state index contributed by atoms with van der Waals surface area (Å²) in [6, 6.07) is 10.3. The Morgan fingerprint density at radius 1 is 1.15 bits per heavy atom. The average molecular weight is 373 g/mol. The number of nitro groups is 1. The number of hydrogen-bond acceptors (Lipinski definition) is 6. The summed E-state index contributed by atoms with van der Waals surface area (Å²) < 4.78 is 10.8. The topological polar surface area (TPSA) is 120 Å². The first-order chi connectivity index (χ1) is 12.8. The smallest absolute Gasteiger partial charge is 0.321 e. The second-order valence-corrected chi connectivity index (χ2v) is 5.49. The van der Waals surface area contributed by atoms with Crippen molar-refractivity contribution in [2.45, 2.75) is 13.0 Å². The Labute approximate surface area is 155 Å². The van der Waals surface area contributed by atoms with Crippen molar-refractivity contribution in [3.05, 3.63) is 52.6 Å². The third-order valence-electron chi connectivity index (χ3n) is 3.71. The van der Waals surface area contributed by atoms with E-state index in [0.29, 0.717) is 16.9 Å². The highest BCUT2D eigenvalue weighted by atomic mass is 16.6. The number of nitrogens with one attached hydrogen (secondary N) is 2. The highest BCUT2D eigenvalue weighted by Crippen LogP contribution is 2.35. The summed E-state index contributed by atoms with van der Waals surface area (Å²) in [7, 11) is 2.91. The summed E-state index contributed by atoms with van der Waals surface area (Å²) in [6.07, 6.45) is -0.999. The van der Waals surface area contributed by atoms with Gasteiger partial charge in [0.1, 0.15) is 11.5 Å². The number of amides is 3. The molecule has 2 aromatic rings. The van der Waals surface area contributed by atoms with Crippen LogP contribution in [0.3, 0.4) is 0 Å². The molecule has 27 heavy (non-hydrogen) atoms. The van der Waals surface area contributed by atoms with Crippen LogP contribution in [0, 0.1) is 10.1 Å². The van der Waals surface area contributed by atoms with Gasteiger partial charge in [0.05, 0.1) is 12.0 Å². The van der Waals surface area contributed by atoms with Gasteiger partial charge in [-0.1, -0.05) is 12.1 Å². The predicted molar refractivity (Wildman–Crippen MR) is 97.8 cm³/mol. The van der Waals surface area contributed by atoms with Crippen LogP contribution in [0.5, 0.6) is 11.5 Å². The molecule has 2 aromatic carbocycles. The first kappa shape index (κ1) is 19.7. The molecule has 0 aromatic heterocycles.